The molecule has 1 saturated heterocycles. The molecule has 1 N–H and O–H groups in total. The summed E-state index contributed by atoms with van der Waals surface area (Å²) in [4.78, 5) is 2.63. The molecule has 0 aromatic carbocycles. The minimum Gasteiger partial charge on any atom is -0.310 e. The zero-order chi connectivity index (χ0) is 11.3. The first kappa shape index (κ1) is 13.0. The van der Waals surface area contributed by atoms with Crippen molar-refractivity contribution in [2.24, 2.45) is 5.92 Å². The molecule has 0 bridgehead atoms. The summed E-state index contributed by atoms with van der Waals surface area (Å²) in [6.07, 6.45) is 4.22. The third-order valence-electron chi connectivity index (χ3n) is 3.26. The van der Waals surface area contributed by atoms with Gasteiger partial charge in [-0.05, 0) is 31.8 Å². The molecule has 1 heterocycles. The minimum absolute atomic E-state index is 0.599. The molecular weight excluding hydrogens is 184 g/mol. The first-order valence-corrected chi connectivity index (χ1v) is 6.58. The molecule has 0 radical (unpaired) electrons. The van der Waals surface area contributed by atoms with Crippen molar-refractivity contribution in [1.82, 2.24) is 10.2 Å². The van der Waals surface area contributed by atoms with Crippen LogP contribution in [0.15, 0.2) is 0 Å². The molecule has 15 heavy (non-hydrogen) atoms. The van der Waals surface area contributed by atoms with Gasteiger partial charge in [0.05, 0.1) is 0 Å². The second-order valence-corrected chi connectivity index (χ2v) is 5.53. The van der Waals surface area contributed by atoms with E-state index in [0.717, 1.165) is 5.92 Å². The highest BCUT2D eigenvalue weighted by molar-refractivity contribution is 4.78. The first-order chi connectivity index (χ1) is 7.09. The van der Waals surface area contributed by atoms with Crippen LogP contribution in [0.3, 0.4) is 0 Å². The predicted molar refractivity (Wildman–Crippen MR) is 67.2 cm³/mol. The van der Waals surface area contributed by atoms with E-state index in [1.807, 2.05) is 0 Å². The highest BCUT2D eigenvalue weighted by Gasteiger charge is 2.19. The zero-order valence-corrected chi connectivity index (χ0v) is 10.9. The minimum atomic E-state index is 0.599. The molecule has 2 nitrogen and oxygen atoms in total. The van der Waals surface area contributed by atoms with Crippen LogP contribution in [0.4, 0.5) is 0 Å². The Morgan fingerprint density at radius 2 is 1.60 bits per heavy atom. The van der Waals surface area contributed by atoms with E-state index in [9.17, 15) is 0 Å². The molecule has 1 fully saturated rings. The van der Waals surface area contributed by atoms with E-state index in [1.165, 1.54) is 38.9 Å². The van der Waals surface area contributed by atoms with Gasteiger partial charge in [-0.25, -0.2) is 0 Å². The van der Waals surface area contributed by atoms with Crippen LogP contribution in [0.5, 0.6) is 0 Å². The van der Waals surface area contributed by atoms with Crippen molar-refractivity contribution < 1.29 is 0 Å². The van der Waals surface area contributed by atoms with Crippen molar-refractivity contribution in [1.29, 1.82) is 0 Å². The number of hydrogen-bond acceptors (Lipinski definition) is 2. The average Bonchev–Trinajstić information content (AvgIpc) is 2.17. The summed E-state index contributed by atoms with van der Waals surface area (Å²) in [6, 6.07) is 1.25. The Morgan fingerprint density at radius 3 is 2.07 bits per heavy atom. The number of nitrogens with zero attached hydrogens (tertiary/aromatic N) is 1. The van der Waals surface area contributed by atoms with Crippen LogP contribution in [-0.4, -0.2) is 36.6 Å². The summed E-state index contributed by atoms with van der Waals surface area (Å²) in [6.45, 7) is 13.0. The Balaban J connectivity index is 2.35. The van der Waals surface area contributed by atoms with Gasteiger partial charge in [0.2, 0.25) is 0 Å². The Bertz CT molecular complexity index is 160. The Labute approximate surface area is 95.4 Å². The lowest BCUT2D eigenvalue weighted by atomic mass is 10.0. The van der Waals surface area contributed by atoms with E-state index < -0.39 is 0 Å². The Morgan fingerprint density at radius 1 is 1.00 bits per heavy atom. The molecule has 0 aromatic rings. The SMILES string of the molecule is CC(C)N[C@@H](CN1CCCCC1)C(C)C. The Kier molecular flexibility index (Phi) is 5.62. The van der Waals surface area contributed by atoms with E-state index in [-0.39, 0.29) is 0 Å². The topological polar surface area (TPSA) is 15.3 Å². The highest BCUT2D eigenvalue weighted by Crippen LogP contribution is 2.12. The van der Waals surface area contributed by atoms with Crippen molar-refractivity contribution in [2.75, 3.05) is 19.6 Å². The second kappa shape index (κ2) is 6.49. The van der Waals surface area contributed by atoms with Crippen LogP contribution < -0.4 is 5.32 Å². The first-order valence-electron chi connectivity index (χ1n) is 6.58. The molecule has 2 heteroatoms. The summed E-state index contributed by atoms with van der Waals surface area (Å²) in [5.41, 5.74) is 0. The number of rotatable bonds is 5. The maximum Gasteiger partial charge on any atom is 0.0220 e. The van der Waals surface area contributed by atoms with Gasteiger partial charge in [0.25, 0.3) is 0 Å². The maximum absolute atomic E-state index is 3.68. The predicted octanol–water partition coefficient (Wildman–Crippen LogP) is 2.49. The van der Waals surface area contributed by atoms with Gasteiger partial charge >= 0.3 is 0 Å². The van der Waals surface area contributed by atoms with Crippen LogP contribution in [-0.2, 0) is 0 Å². The summed E-state index contributed by atoms with van der Waals surface area (Å²) >= 11 is 0. The van der Waals surface area contributed by atoms with E-state index in [0.29, 0.717) is 12.1 Å². The standard InChI is InChI=1S/C13H28N2/c1-11(2)13(14-12(3)4)10-15-8-6-5-7-9-15/h11-14H,5-10H2,1-4H3/t13-/m0/s1. The molecule has 0 unspecified atom stereocenters. The van der Waals surface area contributed by atoms with Gasteiger partial charge in [-0.1, -0.05) is 34.1 Å². The largest absolute Gasteiger partial charge is 0.310 e. The molecular formula is C13H28N2. The lowest BCUT2D eigenvalue weighted by Crippen LogP contribution is -2.48. The zero-order valence-electron chi connectivity index (χ0n) is 10.9. The molecule has 0 spiro atoms. The van der Waals surface area contributed by atoms with Crippen LogP contribution in [0.2, 0.25) is 0 Å². The van der Waals surface area contributed by atoms with Gasteiger partial charge in [-0.15, -0.1) is 0 Å². The number of nitrogens with one attached hydrogen (secondary N) is 1. The van der Waals surface area contributed by atoms with Gasteiger partial charge in [-0.3, -0.25) is 0 Å². The smallest absolute Gasteiger partial charge is 0.0220 e. The van der Waals surface area contributed by atoms with Gasteiger partial charge in [0.1, 0.15) is 0 Å². The van der Waals surface area contributed by atoms with Crippen molar-refractivity contribution in [2.45, 2.75) is 59.0 Å². The fourth-order valence-electron chi connectivity index (χ4n) is 2.30. The normalized spacial score (nSPS) is 21.2. The summed E-state index contributed by atoms with van der Waals surface area (Å²) in [5, 5.41) is 3.68. The lowest BCUT2D eigenvalue weighted by molar-refractivity contribution is 0.183. The van der Waals surface area contributed by atoms with Gasteiger partial charge in [0.15, 0.2) is 0 Å². The molecule has 1 rings (SSSR count). The van der Waals surface area contributed by atoms with Crippen LogP contribution >= 0.6 is 0 Å². The van der Waals surface area contributed by atoms with E-state index >= 15 is 0 Å². The monoisotopic (exact) mass is 212 g/mol. The lowest BCUT2D eigenvalue weighted by Gasteiger charge is -2.33. The van der Waals surface area contributed by atoms with Crippen molar-refractivity contribution >= 4 is 0 Å². The fraction of sp³-hybridized carbons (Fsp3) is 1.00. The summed E-state index contributed by atoms with van der Waals surface area (Å²) < 4.78 is 0. The van der Waals surface area contributed by atoms with Crippen molar-refractivity contribution in [3.05, 3.63) is 0 Å². The highest BCUT2D eigenvalue weighted by atomic mass is 15.2. The second-order valence-electron chi connectivity index (χ2n) is 5.53. The number of hydrogen-bond donors (Lipinski definition) is 1. The fourth-order valence-corrected chi connectivity index (χ4v) is 2.30. The molecule has 1 atom stereocenters. The summed E-state index contributed by atoms with van der Waals surface area (Å²) in [7, 11) is 0. The molecule has 0 aromatic heterocycles. The van der Waals surface area contributed by atoms with Crippen LogP contribution in [0.25, 0.3) is 0 Å². The van der Waals surface area contributed by atoms with Crippen molar-refractivity contribution in [3.8, 4) is 0 Å². The molecule has 1 aliphatic heterocycles. The van der Waals surface area contributed by atoms with Gasteiger partial charge in [0, 0.05) is 18.6 Å². The average molecular weight is 212 g/mol. The summed E-state index contributed by atoms with van der Waals surface area (Å²) in [5.74, 6) is 0.731. The molecule has 0 aliphatic carbocycles. The molecule has 0 amide bonds. The molecule has 0 saturated carbocycles. The quantitative estimate of drug-likeness (QED) is 0.753. The Hall–Kier alpha value is -0.0800. The van der Waals surface area contributed by atoms with Gasteiger partial charge in [-0.2, -0.15) is 0 Å². The van der Waals surface area contributed by atoms with Crippen molar-refractivity contribution in [3.63, 3.8) is 0 Å². The molecule has 1 aliphatic rings. The molecule has 90 valence electrons. The van der Waals surface area contributed by atoms with E-state index in [1.54, 1.807) is 0 Å². The van der Waals surface area contributed by atoms with Gasteiger partial charge < -0.3 is 10.2 Å². The number of piperidine rings is 1. The number of likely N-dealkylation sites (tertiary alicyclic amines) is 1. The van der Waals surface area contributed by atoms with E-state index in [4.69, 9.17) is 0 Å². The third kappa shape index (κ3) is 4.98. The maximum atomic E-state index is 3.68. The van der Waals surface area contributed by atoms with Crippen LogP contribution in [0, 0.1) is 5.92 Å². The van der Waals surface area contributed by atoms with E-state index in [2.05, 4.69) is 37.9 Å². The van der Waals surface area contributed by atoms with Crippen LogP contribution in [0.1, 0.15) is 47.0 Å². The third-order valence-corrected chi connectivity index (χ3v) is 3.26.